The zero-order chi connectivity index (χ0) is 17.6. The summed E-state index contributed by atoms with van der Waals surface area (Å²) in [4.78, 5) is 14.7. The van der Waals surface area contributed by atoms with Crippen LogP contribution in [0.3, 0.4) is 0 Å². The standard InChI is InChI=1S/C19H13ClN2O3/c20-19-11-8-16(22(23)24)12-14(19)13-21-15-6-9-18(10-7-15)25-17-4-2-1-3-5-17/h1-13H. The number of rotatable bonds is 5. The Morgan fingerprint density at radius 1 is 0.960 bits per heavy atom. The zero-order valence-corrected chi connectivity index (χ0v) is 13.8. The highest BCUT2D eigenvalue weighted by Gasteiger charge is 2.08. The Kier molecular flexibility index (Phi) is 5.06. The Labute approximate surface area is 149 Å². The number of aliphatic imine (C=N–C) groups is 1. The number of nitrogens with zero attached hydrogens (tertiary/aromatic N) is 2. The maximum Gasteiger partial charge on any atom is 0.270 e. The normalized spacial score (nSPS) is 10.8. The van der Waals surface area contributed by atoms with Gasteiger partial charge in [-0.15, -0.1) is 0 Å². The van der Waals surface area contributed by atoms with Gasteiger partial charge in [0.15, 0.2) is 0 Å². The lowest BCUT2D eigenvalue weighted by molar-refractivity contribution is -0.384. The zero-order valence-electron chi connectivity index (χ0n) is 13.0. The van der Waals surface area contributed by atoms with Gasteiger partial charge in [-0.2, -0.15) is 0 Å². The molecule has 3 rings (SSSR count). The summed E-state index contributed by atoms with van der Waals surface area (Å²) in [7, 11) is 0. The highest BCUT2D eigenvalue weighted by molar-refractivity contribution is 6.33. The van der Waals surface area contributed by atoms with E-state index in [1.54, 1.807) is 24.3 Å². The van der Waals surface area contributed by atoms with Crippen molar-refractivity contribution in [2.45, 2.75) is 0 Å². The first-order valence-electron chi connectivity index (χ1n) is 7.43. The number of nitro benzene ring substituents is 1. The van der Waals surface area contributed by atoms with E-state index in [-0.39, 0.29) is 5.69 Å². The molecule has 0 saturated heterocycles. The Balaban J connectivity index is 1.74. The summed E-state index contributed by atoms with van der Waals surface area (Å²) in [5.41, 5.74) is 1.14. The second kappa shape index (κ2) is 7.59. The topological polar surface area (TPSA) is 64.7 Å². The average molecular weight is 353 g/mol. The van der Waals surface area contributed by atoms with Gasteiger partial charge in [0, 0.05) is 28.9 Å². The van der Waals surface area contributed by atoms with E-state index in [1.807, 2.05) is 30.3 Å². The van der Waals surface area contributed by atoms with Crippen LogP contribution in [-0.2, 0) is 0 Å². The summed E-state index contributed by atoms with van der Waals surface area (Å²) in [5.74, 6) is 1.45. The number of benzene rings is 3. The van der Waals surface area contributed by atoms with Crippen molar-refractivity contribution in [3.63, 3.8) is 0 Å². The van der Waals surface area contributed by atoms with E-state index in [0.29, 0.717) is 22.0 Å². The maximum atomic E-state index is 10.8. The van der Waals surface area contributed by atoms with Crippen molar-refractivity contribution < 1.29 is 9.66 Å². The summed E-state index contributed by atoms with van der Waals surface area (Å²) in [6.07, 6.45) is 1.50. The predicted molar refractivity (Wildman–Crippen MR) is 98.3 cm³/mol. The first-order valence-corrected chi connectivity index (χ1v) is 7.80. The predicted octanol–water partition coefficient (Wildman–Crippen LogP) is 5.79. The number of non-ortho nitro benzene ring substituents is 1. The van der Waals surface area contributed by atoms with Gasteiger partial charge in [0.05, 0.1) is 10.6 Å². The molecule has 124 valence electrons. The highest BCUT2D eigenvalue weighted by atomic mass is 35.5. The molecular weight excluding hydrogens is 340 g/mol. The van der Waals surface area contributed by atoms with Crippen LogP contribution in [0.2, 0.25) is 5.02 Å². The minimum atomic E-state index is -0.469. The number of nitro groups is 1. The van der Waals surface area contributed by atoms with Crippen LogP contribution in [0.25, 0.3) is 0 Å². The summed E-state index contributed by atoms with van der Waals surface area (Å²) >= 11 is 6.05. The third kappa shape index (κ3) is 4.43. The molecule has 0 aliphatic rings. The van der Waals surface area contributed by atoms with E-state index in [4.69, 9.17) is 16.3 Å². The summed E-state index contributed by atoms with van der Waals surface area (Å²) in [6, 6.07) is 20.9. The van der Waals surface area contributed by atoms with Gasteiger partial charge in [-0.05, 0) is 42.5 Å². The van der Waals surface area contributed by atoms with Crippen molar-refractivity contribution in [3.8, 4) is 11.5 Å². The lowest BCUT2D eigenvalue weighted by Crippen LogP contribution is -1.90. The Morgan fingerprint density at radius 2 is 1.64 bits per heavy atom. The van der Waals surface area contributed by atoms with Gasteiger partial charge in [0.1, 0.15) is 11.5 Å². The van der Waals surface area contributed by atoms with Crippen LogP contribution in [0.1, 0.15) is 5.56 Å². The molecule has 0 saturated carbocycles. The van der Waals surface area contributed by atoms with Crippen LogP contribution in [-0.4, -0.2) is 11.1 Å². The lowest BCUT2D eigenvalue weighted by Gasteiger charge is -2.05. The molecule has 3 aromatic carbocycles. The molecule has 5 nitrogen and oxygen atoms in total. The molecule has 0 N–H and O–H groups in total. The fourth-order valence-corrected chi connectivity index (χ4v) is 2.28. The molecule has 0 radical (unpaired) electrons. The number of ether oxygens (including phenoxy) is 1. The van der Waals surface area contributed by atoms with Crippen molar-refractivity contribution in [1.82, 2.24) is 0 Å². The van der Waals surface area contributed by atoms with Crippen LogP contribution in [0.4, 0.5) is 11.4 Å². The molecule has 0 aliphatic carbocycles. The Morgan fingerprint density at radius 3 is 2.32 bits per heavy atom. The van der Waals surface area contributed by atoms with Crippen molar-refractivity contribution in [3.05, 3.63) is 93.5 Å². The number of halogens is 1. The summed E-state index contributed by atoms with van der Waals surface area (Å²) in [6.45, 7) is 0. The average Bonchev–Trinajstić information content (AvgIpc) is 2.63. The first kappa shape index (κ1) is 16.7. The molecular formula is C19H13ClN2O3. The Bertz CT molecular complexity index is 910. The number of hydrogen-bond acceptors (Lipinski definition) is 4. The van der Waals surface area contributed by atoms with E-state index in [9.17, 15) is 10.1 Å². The molecule has 25 heavy (non-hydrogen) atoms. The molecule has 3 aromatic rings. The van der Waals surface area contributed by atoms with Crippen molar-refractivity contribution in [2.24, 2.45) is 4.99 Å². The largest absolute Gasteiger partial charge is 0.457 e. The molecule has 0 aromatic heterocycles. The van der Waals surface area contributed by atoms with E-state index in [2.05, 4.69) is 4.99 Å². The van der Waals surface area contributed by atoms with Gasteiger partial charge in [-0.25, -0.2) is 0 Å². The van der Waals surface area contributed by atoms with Crippen molar-refractivity contribution >= 4 is 29.2 Å². The quantitative estimate of drug-likeness (QED) is 0.331. The van der Waals surface area contributed by atoms with Crippen LogP contribution < -0.4 is 4.74 Å². The molecule has 0 unspecified atom stereocenters. The molecule has 0 aliphatic heterocycles. The first-order chi connectivity index (χ1) is 12.1. The van der Waals surface area contributed by atoms with E-state index in [0.717, 1.165) is 5.75 Å². The van der Waals surface area contributed by atoms with E-state index >= 15 is 0 Å². The number of para-hydroxylation sites is 1. The fourth-order valence-electron chi connectivity index (χ4n) is 2.11. The van der Waals surface area contributed by atoms with Gasteiger partial charge >= 0.3 is 0 Å². The molecule has 0 atom stereocenters. The number of hydrogen-bond donors (Lipinski definition) is 0. The van der Waals surface area contributed by atoms with Gasteiger partial charge in [-0.1, -0.05) is 29.8 Å². The second-order valence-corrected chi connectivity index (χ2v) is 5.54. The van der Waals surface area contributed by atoms with Crippen molar-refractivity contribution in [2.75, 3.05) is 0 Å². The maximum absolute atomic E-state index is 10.8. The molecule has 0 heterocycles. The lowest BCUT2D eigenvalue weighted by atomic mass is 10.2. The fraction of sp³-hybridized carbons (Fsp3) is 0. The van der Waals surface area contributed by atoms with Gasteiger partial charge in [0.2, 0.25) is 0 Å². The van der Waals surface area contributed by atoms with Crippen LogP contribution in [0, 0.1) is 10.1 Å². The van der Waals surface area contributed by atoms with Gasteiger partial charge in [0.25, 0.3) is 5.69 Å². The van der Waals surface area contributed by atoms with Crippen molar-refractivity contribution in [1.29, 1.82) is 0 Å². The summed E-state index contributed by atoms with van der Waals surface area (Å²) < 4.78 is 5.71. The molecule has 6 heteroatoms. The Hall–Kier alpha value is -3.18. The molecule has 0 amide bonds. The molecule has 0 fully saturated rings. The minimum Gasteiger partial charge on any atom is -0.457 e. The summed E-state index contributed by atoms with van der Waals surface area (Å²) in [5, 5.41) is 11.2. The van der Waals surface area contributed by atoms with E-state index in [1.165, 1.54) is 24.4 Å². The van der Waals surface area contributed by atoms with Crippen LogP contribution in [0.15, 0.2) is 77.8 Å². The van der Waals surface area contributed by atoms with Crippen LogP contribution >= 0.6 is 11.6 Å². The third-order valence-electron chi connectivity index (χ3n) is 3.36. The van der Waals surface area contributed by atoms with E-state index < -0.39 is 4.92 Å². The SMILES string of the molecule is O=[N+]([O-])c1ccc(Cl)c(C=Nc2ccc(Oc3ccccc3)cc2)c1. The third-order valence-corrected chi connectivity index (χ3v) is 3.70. The molecule has 0 bridgehead atoms. The smallest absolute Gasteiger partial charge is 0.270 e. The monoisotopic (exact) mass is 352 g/mol. The molecule has 0 spiro atoms. The second-order valence-electron chi connectivity index (χ2n) is 5.13. The van der Waals surface area contributed by atoms with Crippen LogP contribution in [0.5, 0.6) is 11.5 Å². The van der Waals surface area contributed by atoms with Gasteiger partial charge < -0.3 is 4.74 Å². The van der Waals surface area contributed by atoms with Gasteiger partial charge in [-0.3, -0.25) is 15.1 Å². The highest BCUT2D eigenvalue weighted by Crippen LogP contribution is 2.25. The minimum absolute atomic E-state index is 0.0301.